The Kier molecular flexibility index (Phi) is 6.99. The number of rotatable bonds is 7. The maximum atomic E-state index is 13.2. The van der Waals surface area contributed by atoms with Crippen LogP contribution in [0.25, 0.3) is 11.0 Å². The molecule has 0 bridgehead atoms. The molecule has 0 aliphatic rings. The maximum Gasteiger partial charge on any atom is 0.264 e. The van der Waals surface area contributed by atoms with Crippen LogP contribution < -0.4 is 10.0 Å². The number of nitrogens with zero attached hydrogens (tertiary/aromatic N) is 2. The number of carbonyl (C=O) groups excluding carboxylic acids is 1. The predicted octanol–water partition coefficient (Wildman–Crippen LogP) is 5.27. The molecule has 1 unspecified atom stereocenters. The van der Waals surface area contributed by atoms with E-state index < -0.39 is 15.9 Å². The number of nitrogens with one attached hydrogen (secondary N) is 2. The number of aromatic nitrogens is 2. The normalized spacial score (nSPS) is 12.5. The average Bonchev–Trinajstić information content (AvgIpc) is 3.24. The van der Waals surface area contributed by atoms with Gasteiger partial charge in [-0.15, -0.1) is 0 Å². The van der Waals surface area contributed by atoms with Gasteiger partial charge < -0.3 is 5.32 Å². The van der Waals surface area contributed by atoms with Crippen molar-refractivity contribution in [1.82, 2.24) is 14.1 Å². The molecule has 2 N–H and O–H groups in total. The van der Waals surface area contributed by atoms with Crippen molar-refractivity contribution in [1.29, 1.82) is 0 Å². The van der Waals surface area contributed by atoms with Crippen LogP contribution in [0.15, 0.2) is 70.0 Å². The van der Waals surface area contributed by atoms with Crippen LogP contribution in [0, 0.1) is 0 Å². The lowest BCUT2D eigenvalue weighted by Crippen LogP contribution is -2.34. The average molecular weight is 566 g/mol. The number of fused-ring (bicyclic) bond motifs is 1. The third-order valence-corrected chi connectivity index (χ3v) is 7.53. The van der Waals surface area contributed by atoms with Crippen molar-refractivity contribution in [2.75, 3.05) is 4.72 Å². The zero-order chi connectivity index (χ0) is 23.6. The second kappa shape index (κ2) is 9.76. The SMILES string of the molecule is CC(Cc1ccc(Cl)cc1)NC(=O)c1ccc(Br)cc1NS(=O)(=O)c1cccc2nsnc12. The van der Waals surface area contributed by atoms with Crippen LogP contribution in [-0.2, 0) is 16.4 Å². The molecule has 1 amide bonds. The van der Waals surface area contributed by atoms with Crippen molar-refractivity contribution in [2.45, 2.75) is 24.3 Å². The monoisotopic (exact) mass is 564 g/mol. The molecule has 1 atom stereocenters. The van der Waals surface area contributed by atoms with Crippen LogP contribution in [0.4, 0.5) is 5.69 Å². The fraction of sp³-hybridized carbons (Fsp3) is 0.136. The van der Waals surface area contributed by atoms with E-state index in [1.165, 1.54) is 6.07 Å². The zero-order valence-corrected chi connectivity index (χ0v) is 21.2. The molecule has 1 aromatic heterocycles. The lowest BCUT2D eigenvalue weighted by molar-refractivity contribution is 0.0941. The summed E-state index contributed by atoms with van der Waals surface area (Å²) in [5, 5.41) is 3.57. The van der Waals surface area contributed by atoms with Gasteiger partial charge >= 0.3 is 0 Å². The molecule has 0 aliphatic heterocycles. The number of halogens is 2. The molecule has 170 valence electrons. The van der Waals surface area contributed by atoms with Crippen LogP contribution in [0.1, 0.15) is 22.8 Å². The van der Waals surface area contributed by atoms with Crippen molar-refractivity contribution in [3.05, 3.63) is 81.3 Å². The summed E-state index contributed by atoms with van der Waals surface area (Å²) in [5.41, 5.74) is 2.15. The first-order valence-corrected chi connectivity index (χ1v) is 13.2. The Bertz CT molecular complexity index is 1430. The van der Waals surface area contributed by atoms with Gasteiger partial charge in [-0.25, -0.2) is 8.42 Å². The molecule has 0 aliphatic carbocycles. The Labute approximate surface area is 208 Å². The minimum Gasteiger partial charge on any atom is -0.349 e. The van der Waals surface area contributed by atoms with Gasteiger partial charge in [-0.1, -0.05) is 45.7 Å². The number of hydrogen-bond acceptors (Lipinski definition) is 6. The molecular formula is C22H18BrClN4O3S2. The van der Waals surface area contributed by atoms with Crippen molar-refractivity contribution < 1.29 is 13.2 Å². The molecule has 1 heterocycles. The number of sulfonamides is 1. The zero-order valence-electron chi connectivity index (χ0n) is 17.2. The van der Waals surface area contributed by atoms with Crippen molar-refractivity contribution >= 4 is 71.9 Å². The number of anilines is 1. The number of carbonyl (C=O) groups is 1. The first-order chi connectivity index (χ1) is 15.7. The second-order valence-corrected chi connectivity index (χ2v) is 10.9. The van der Waals surface area contributed by atoms with Gasteiger partial charge in [0.15, 0.2) is 0 Å². The van der Waals surface area contributed by atoms with Crippen LogP contribution in [0.3, 0.4) is 0 Å². The molecule has 7 nitrogen and oxygen atoms in total. The first-order valence-electron chi connectivity index (χ1n) is 9.82. The fourth-order valence-electron chi connectivity index (χ4n) is 3.32. The maximum absolute atomic E-state index is 13.2. The largest absolute Gasteiger partial charge is 0.349 e. The number of hydrogen-bond donors (Lipinski definition) is 2. The van der Waals surface area contributed by atoms with Gasteiger partial charge in [0, 0.05) is 15.5 Å². The Balaban J connectivity index is 1.57. The number of benzene rings is 3. The smallest absolute Gasteiger partial charge is 0.264 e. The van der Waals surface area contributed by atoms with Crippen molar-refractivity contribution in [3.63, 3.8) is 0 Å². The van der Waals surface area contributed by atoms with Crippen LogP contribution in [0.5, 0.6) is 0 Å². The van der Waals surface area contributed by atoms with Gasteiger partial charge in [0.05, 0.1) is 23.0 Å². The highest BCUT2D eigenvalue weighted by molar-refractivity contribution is 9.10. The molecule has 0 fully saturated rings. The molecule has 33 heavy (non-hydrogen) atoms. The van der Waals surface area contributed by atoms with E-state index >= 15 is 0 Å². The van der Waals surface area contributed by atoms with E-state index in [-0.39, 0.29) is 27.7 Å². The van der Waals surface area contributed by atoms with Gasteiger partial charge in [0.1, 0.15) is 15.9 Å². The molecule has 4 aromatic rings. The highest BCUT2D eigenvalue weighted by atomic mass is 79.9. The third-order valence-electron chi connectivity index (χ3n) is 4.84. The molecule has 0 radical (unpaired) electrons. The van der Waals surface area contributed by atoms with Crippen LogP contribution in [0.2, 0.25) is 5.02 Å². The van der Waals surface area contributed by atoms with Gasteiger partial charge in [-0.05, 0) is 61.4 Å². The van der Waals surface area contributed by atoms with E-state index in [1.54, 1.807) is 42.5 Å². The first kappa shape index (κ1) is 23.6. The van der Waals surface area contributed by atoms with Gasteiger partial charge in [-0.3, -0.25) is 9.52 Å². The van der Waals surface area contributed by atoms with Gasteiger partial charge in [-0.2, -0.15) is 8.75 Å². The molecule has 11 heteroatoms. The summed E-state index contributed by atoms with van der Waals surface area (Å²) in [6, 6.07) is 16.8. The summed E-state index contributed by atoms with van der Waals surface area (Å²) >= 11 is 10.2. The summed E-state index contributed by atoms with van der Waals surface area (Å²) in [5.74, 6) is -0.393. The van der Waals surface area contributed by atoms with E-state index in [1.807, 2.05) is 19.1 Å². The minimum absolute atomic E-state index is 0.00353. The van der Waals surface area contributed by atoms with Crippen molar-refractivity contribution in [3.8, 4) is 0 Å². The van der Waals surface area contributed by atoms with Gasteiger partial charge in [0.25, 0.3) is 15.9 Å². The highest BCUT2D eigenvalue weighted by Crippen LogP contribution is 2.27. The van der Waals surface area contributed by atoms with Crippen molar-refractivity contribution in [2.24, 2.45) is 0 Å². The highest BCUT2D eigenvalue weighted by Gasteiger charge is 2.23. The lowest BCUT2D eigenvalue weighted by atomic mass is 10.1. The summed E-state index contributed by atoms with van der Waals surface area (Å²) in [4.78, 5) is 13.0. The fourth-order valence-corrected chi connectivity index (χ4v) is 5.65. The summed E-state index contributed by atoms with van der Waals surface area (Å²) in [7, 11) is -4.02. The minimum atomic E-state index is -4.02. The van der Waals surface area contributed by atoms with Gasteiger partial charge in [0.2, 0.25) is 0 Å². The standard InChI is InChI=1S/C22H18BrClN4O3S2/c1-13(11-14-5-8-16(24)9-6-14)25-22(29)17-10-7-15(23)12-19(17)28-33(30,31)20-4-2-3-18-21(20)27-32-26-18/h2-10,12-13,28H,11H2,1H3,(H,25,29). The lowest BCUT2D eigenvalue weighted by Gasteiger charge is -2.17. The Hall–Kier alpha value is -2.53. The molecule has 0 spiro atoms. The quantitative estimate of drug-likeness (QED) is 0.318. The summed E-state index contributed by atoms with van der Waals surface area (Å²) in [6.07, 6.45) is 0.597. The van der Waals surface area contributed by atoms with E-state index in [0.717, 1.165) is 17.3 Å². The van der Waals surface area contributed by atoms with E-state index in [9.17, 15) is 13.2 Å². The Morgan fingerprint density at radius 1 is 1.12 bits per heavy atom. The Morgan fingerprint density at radius 2 is 1.88 bits per heavy atom. The van der Waals surface area contributed by atoms with E-state index in [0.29, 0.717) is 21.4 Å². The topological polar surface area (TPSA) is 101 Å². The van der Waals surface area contributed by atoms with Crippen LogP contribution >= 0.6 is 39.3 Å². The Morgan fingerprint density at radius 3 is 2.64 bits per heavy atom. The second-order valence-electron chi connectivity index (χ2n) is 7.39. The molecular weight excluding hydrogens is 548 g/mol. The molecule has 0 saturated carbocycles. The van der Waals surface area contributed by atoms with Crippen LogP contribution in [-0.4, -0.2) is 29.1 Å². The van der Waals surface area contributed by atoms with E-state index in [2.05, 4.69) is 34.7 Å². The number of amides is 1. The summed E-state index contributed by atoms with van der Waals surface area (Å²) < 4.78 is 37.7. The summed E-state index contributed by atoms with van der Waals surface area (Å²) in [6.45, 7) is 1.88. The molecule has 4 rings (SSSR count). The molecule has 3 aromatic carbocycles. The van der Waals surface area contributed by atoms with E-state index in [4.69, 9.17) is 11.6 Å². The third kappa shape index (κ3) is 5.52. The predicted molar refractivity (Wildman–Crippen MR) is 134 cm³/mol. The molecule has 0 saturated heterocycles.